The third-order valence-electron chi connectivity index (χ3n) is 5.48. The molecule has 1 amide bonds. The van der Waals surface area contributed by atoms with Crippen LogP contribution in [0.4, 0.5) is 4.39 Å². The van der Waals surface area contributed by atoms with E-state index in [-0.39, 0.29) is 28.5 Å². The Morgan fingerprint density at radius 3 is 2.45 bits per heavy atom. The van der Waals surface area contributed by atoms with Crippen molar-refractivity contribution < 1.29 is 28.2 Å². The summed E-state index contributed by atoms with van der Waals surface area (Å²) < 4.78 is 24.5. The fraction of sp³-hybridized carbons (Fsp3) is 0.200. The highest BCUT2D eigenvalue weighted by Crippen LogP contribution is 2.43. The summed E-state index contributed by atoms with van der Waals surface area (Å²) in [6.45, 7) is 3.53. The quantitative estimate of drug-likeness (QED) is 0.311. The van der Waals surface area contributed by atoms with Crippen LogP contribution in [0, 0.1) is 19.7 Å². The zero-order valence-corrected chi connectivity index (χ0v) is 18.9. The predicted octanol–water partition coefficient (Wildman–Crippen LogP) is 5.32. The van der Waals surface area contributed by atoms with E-state index in [2.05, 4.69) is 0 Å². The molecule has 170 valence electrons. The van der Waals surface area contributed by atoms with Crippen LogP contribution in [0.1, 0.15) is 34.3 Å². The maximum absolute atomic E-state index is 13.4. The Kier molecular flexibility index (Phi) is 5.99. The number of rotatable bonds is 5. The Balaban J connectivity index is 1.90. The average molecular weight is 470 g/mol. The molecule has 0 aliphatic carbocycles. The van der Waals surface area contributed by atoms with Crippen molar-refractivity contribution in [3.8, 4) is 5.75 Å². The first-order valence-corrected chi connectivity index (χ1v) is 10.5. The Labute approximate surface area is 194 Å². The number of carbonyl (C=O) groups excluding carboxylic acids is 2. The molecule has 33 heavy (non-hydrogen) atoms. The van der Waals surface area contributed by atoms with Gasteiger partial charge in [0.15, 0.2) is 0 Å². The van der Waals surface area contributed by atoms with Crippen LogP contribution < -0.4 is 4.74 Å². The van der Waals surface area contributed by atoms with Gasteiger partial charge in [-0.05, 0) is 61.4 Å². The lowest BCUT2D eigenvalue weighted by Crippen LogP contribution is -2.29. The number of ether oxygens (including phenoxy) is 1. The summed E-state index contributed by atoms with van der Waals surface area (Å²) in [5, 5.41) is 11.5. The van der Waals surface area contributed by atoms with E-state index >= 15 is 0 Å². The minimum absolute atomic E-state index is 0.0117. The highest BCUT2D eigenvalue weighted by molar-refractivity contribution is 6.46. The highest BCUT2D eigenvalue weighted by atomic mass is 35.5. The Bertz CT molecular complexity index is 1280. The molecule has 2 aromatic carbocycles. The number of likely N-dealkylation sites (tertiary alicyclic amines) is 1. The average Bonchev–Trinajstić information content (AvgIpc) is 3.30. The summed E-state index contributed by atoms with van der Waals surface area (Å²) in [5.41, 5.74) is 1.39. The molecule has 4 rings (SSSR count). The van der Waals surface area contributed by atoms with Crippen molar-refractivity contribution >= 4 is 29.1 Å². The molecular weight excluding hydrogens is 449 g/mol. The Morgan fingerprint density at radius 2 is 1.85 bits per heavy atom. The van der Waals surface area contributed by atoms with Crippen molar-refractivity contribution in [2.75, 3.05) is 7.11 Å². The van der Waals surface area contributed by atoms with Gasteiger partial charge in [-0.2, -0.15) is 0 Å². The second-order valence-corrected chi connectivity index (χ2v) is 8.24. The molecule has 0 spiro atoms. The largest absolute Gasteiger partial charge is 0.507 e. The predicted molar refractivity (Wildman–Crippen MR) is 120 cm³/mol. The SMILES string of the molecule is COc1c(Cl)cc(C)cc1/C(O)=C1\C(=O)C(=O)N(Cc2ccc(F)cc2)C1c1ccc(C)o1. The van der Waals surface area contributed by atoms with Crippen molar-refractivity contribution in [2.24, 2.45) is 0 Å². The van der Waals surface area contributed by atoms with Crippen LogP contribution in [-0.4, -0.2) is 28.8 Å². The number of amides is 1. The number of methoxy groups -OCH3 is 1. The lowest BCUT2D eigenvalue weighted by molar-refractivity contribution is -0.140. The monoisotopic (exact) mass is 469 g/mol. The lowest BCUT2D eigenvalue weighted by Gasteiger charge is -2.23. The lowest BCUT2D eigenvalue weighted by atomic mass is 9.97. The minimum Gasteiger partial charge on any atom is -0.507 e. The fourth-order valence-electron chi connectivity index (χ4n) is 3.98. The summed E-state index contributed by atoms with van der Waals surface area (Å²) >= 11 is 6.29. The first kappa shape index (κ1) is 22.6. The van der Waals surface area contributed by atoms with Crippen molar-refractivity contribution in [1.82, 2.24) is 4.90 Å². The zero-order valence-electron chi connectivity index (χ0n) is 18.2. The maximum Gasteiger partial charge on any atom is 0.296 e. The number of benzene rings is 2. The molecule has 1 aliphatic heterocycles. The zero-order chi connectivity index (χ0) is 23.9. The van der Waals surface area contributed by atoms with Gasteiger partial charge in [0.2, 0.25) is 0 Å². The van der Waals surface area contributed by atoms with E-state index < -0.39 is 29.3 Å². The van der Waals surface area contributed by atoms with Gasteiger partial charge < -0.3 is 19.2 Å². The number of halogens is 2. The van der Waals surface area contributed by atoms with Gasteiger partial charge in [0, 0.05) is 6.54 Å². The maximum atomic E-state index is 13.4. The number of Topliss-reactive ketones (excluding diaryl/α,β-unsaturated/α-hetero) is 1. The molecular formula is C25H21ClFNO5. The summed E-state index contributed by atoms with van der Waals surface area (Å²) in [4.78, 5) is 27.5. The Morgan fingerprint density at radius 1 is 1.15 bits per heavy atom. The van der Waals surface area contributed by atoms with Crippen LogP contribution in [0.5, 0.6) is 5.75 Å². The van der Waals surface area contributed by atoms with Crippen LogP contribution in [0.3, 0.4) is 0 Å². The molecule has 3 aromatic rings. The second kappa shape index (κ2) is 8.75. The summed E-state index contributed by atoms with van der Waals surface area (Å²) in [6.07, 6.45) is 0. The minimum atomic E-state index is -0.993. The van der Waals surface area contributed by atoms with Crippen molar-refractivity contribution in [1.29, 1.82) is 0 Å². The van der Waals surface area contributed by atoms with Crippen LogP contribution in [0.2, 0.25) is 5.02 Å². The molecule has 1 aliphatic rings. The van der Waals surface area contributed by atoms with E-state index in [9.17, 15) is 19.1 Å². The number of aliphatic hydroxyl groups excluding tert-OH is 1. The molecule has 8 heteroatoms. The highest BCUT2D eigenvalue weighted by Gasteiger charge is 2.47. The van der Waals surface area contributed by atoms with Crippen LogP contribution in [-0.2, 0) is 16.1 Å². The first-order valence-electron chi connectivity index (χ1n) is 10.1. The van der Waals surface area contributed by atoms with Gasteiger partial charge in [-0.25, -0.2) is 4.39 Å². The van der Waals surface area contributed by atoms with Gasteiger partial charge in [0.25, 0.3) is 11.7 Å². The van der Waals surface area contributed by atoms with Crippen LogP contribution in [0.15, 0.2) is 58.5 Å². The number of hydrogen-bond donors (Lipinski definition) is 1. The molecule has 1 saturated heterocycles. The third-order valence-corrected chi connectivity index (χ3v) is 5.76. The van der Waals surface area contributed by atoms with Crippen LogP contribution in [0.25, 0.3) is 5.76 Å². The number of nitrogens with zero attached hydrogens (tertiary/aromatic N) is 1. The summed E-state index contributed by atoms with van der Waals surface area (Å²) in [6, 6.07) is 11.3. The number of aliphatic hydroxyl groups is 1. The second-order valence-electron chi connectivity index (χ2n) is 7.83. The molecule has 6 nitrogen and oxygen atoms in total. The van der Waals surface area contributed by atoms with Gasteiger partial charge in [-0.1, -0.05) is 23.7 Å². The molecule has 0 saturated carbocycles. The smallest absolute Gasteiger partial charge is 0.296 e. The van der Waals surface area contributed by atoms with Gasteiger partial charge in [-0.3, -0.25) is 9.59 Å². The van der Waals surface area contributed by atoms with Gasteiger partial charge in [-0.15, -0.1) is 0 Å². The first-order chi connectivity index (χ1) is 15.7. The number of carbonyl (C=O) groups is 2. The van der Waals surface area contributed by atoms with Gasteiger partial charge in [0.1, 0.15) is 34.9 Å². The van der Waals surface area contributed by atoms with Crippen LogP contribution >= 0.6 is 11.6 Å². The molecule has 1 N–H and O–H groups in total. The molecule has 1 unspecified atom stereocenters. The van der Waals surface area contributed by atoms with E-state index in [4.69, 9.17) is 20.8 Å². The number of furan rings is 1. The van der Waals surface area contributed by atoms with Gasteiger partial charge >= 0.3 is 0 Å². The third kappa shape index (κ3) is 4.12. The van der Waals surface area contributed by atoms with E-state index in [1.54, 1.807) is 38.1 Å². The van der Waals surface area contributed by atoms with E-state index in [0.29, 0.717) is 17.1 Å². The molecule has 0 bridgehead atoms. The van der Waals surface area contributed by atoms with Crippen molar-refractivity contribution in [3.05, 3.63) is 93.2 Å². The fourth-order valence-corrected chi connectivity index (χ4v) is 4.33. The van der Waals surface area contributed by atoms with Crippen molar-refractivity contribution in [3.63, 3.8) is 0 Å². The van der Waals surface area contributed by atoms with E-state index in [1.165, 1.54) is 36.3 Å². The molecule has 0 radical (unpaired) electrons. The van der Waals surface area contributed by atoms with Crippen molar-refractivity contribution in [2.45, 2.75) is 26.4 Å². The number of aryl methyl sites for hydroxylation is 2. The molecule has 1 fully saturated rings. The van der Waals surface area contributed by atoms with Gasteiger partial charge in [0.05, 0.1) is 23.3 Å². The summed E-state index contributed by atoms with van der Waals surface area (Å²) in [7, 11) is 1.40. The van der Waals surface area contributed by atoms with E-state index in [0.717, 1.165) is 5.56 Å². The molecule has 1 aromatic heterocycles. The normalized spacial score (nSPS) is 17.6. The molecule has 2 heterocycles. The van der Waals surface area contributed by atoms with E-state index in [1.807, 2.05) is 0 Å². The Hall–Kier alpha value is -3.58. The number of hydrogen-bond acceptors (Lipinski definition) is 5. The molecule has 1 atom stereocenters. The standard InChI is InChI=1S/C25H21ClFNO5/c1-13-10-17(24(32-3)18(26)11-13)22(29)20-21(19-9-4-14(2)33-19)28(25(31)23(20)30)12-15-5-7-16(27)8-6-15/h4-11,21,29H,12H2,1-3H3/b22-20+. The topological polar surface area (TPSA) is 80.0 Å². The summed E-state index contributed by atoms with van der Waals surface area (Å²) in [5.74, 6) is -1.44. The number of ketones is 1.